The summed E-state index contributed by atoms with van der Waals surface area (Å²) in [6.07, 6.45) is -4.38. The highest BCUT2D eigenvalue weighted by Crippen LogP contribution is 2.34. The number of halogens is 4. The monoisotopic (exact) mass is 340 g/mol. The number of benzene rings is 2. The van der Waals surface area contributed by atoms with Gasteiger partial charge in [0.2, 0.25) is 0 Å². The number of aromatic amines is 1. The second kappa shape index (κ2) is 4.63. The van der Waals surface area contributed by atoms with Gasteiger partial charge in [-0.1, -0.05) is 28.1 Å². The van der Waals surface area contributed by atoms with Crippen LogP contribution in [0.3, 0.4) is 0 Å². The van der Waals surface area contributed by atoms with E-state index < -0.39 is 11.7 Å². The second-order valence-corrected chi connectivity index (χ2v) is 5.24. The minimum Gasteiger partial charge on any atom is -0.338 e. The minimum absolute atomic E-state index is 0.364. The summed E-state index contributed by atoms with van der Waals surface area (Å²) in [5.74, 6) is 0.415. The Bertz CT molecular complexity index is 744. The molecular formula is C14H8BrF3N2. The molecule has 0 saturated heterocycles. The molecule has 2 aromatic carbocycles. The lowest BCUT2D eigenvalue weighted by molar-refractivity contribution is -0.137. The number of hydrogen-bond donors (Lipinski definition) is 1. The van der Waals surface area contributed by atoms with Crippen LogP contribution in [0.4, 0.5) is 13.2 Å². The van der Waals surface area contributed by atoms with Gasteiger partial charge in [-0.25, -0.2) is 4.98 Å². The van der Waals surface area contributed by atoms with Gasteiger partial charge in [-0.15, -0.1) is 0 Å². The molecule has 3 aromatic rings. The van der Waals surface area contributed by atoms with E-state index in [1.165, 1.54) is 0 Å². The van der Waals surface area contributed by atoms with E-state index in [1.54, 1.807) is 12.1 Å². The summed E-state index contributed by atoms with van der Waals surface area (Å²) in [4.78, 5) is 7.32. The van der Waals surface area contributed by atoms with Crippen LogP contribution < -0.4 is 0 Å². The van der Waals surface area contributed by atoms with Crippen molar-refractivity contribution < 1.29 is 13.2 Å². The fourth-order valence-corrected chi connectivity index (χ4v) is 2.47. The first-order chi connectivity index (χ1) is 9.43. The summed E-state index contributed by atoms with van der Waals surface area (Å²) in [6, 6.07) is 11.0. The predicted molar refractivity (Wildman–Crippen MR) is 74.2 cm³/mol. The molecule has 1 N–H and O–H groups in total. The molecule has 0 aliphatic carbocycles. The Balaban J connectivity index is 2.16. The summed E-state index contributed by atoms with van der Waals surface area (Å²) in [5.41, 5.74) is 1.19. The van der Waals surface area contributed by atoms with Gasteiger partial charge in [0.25, 0.3) is 0 Å². The average Bonchev–Trinajstić information content (AvgIpc) is 2.80. The van der Waals surface area contributed by atoms with Crippen LogP contribution in [0.25, 0.3) is 22.4 Å². The van der Waals surface area contributed by atoms with Crippen molar-refractivity contribution in [1.29, 1.82) is 0 Å². The number of nitrogens with zero attached hydrogens (tertiary/aromatic N) is 1. The van der Waals surface area contributed by atoms with Gasteiger partial charge in [0.1, 0.15) is 5.82 Å². The maximum Gasteiger partial charge on any atom is 0.416 e. The number of alkyl halides is 3. The van der Waals surface area contributed by atoms with Crippen LogP contribution in [0.15, 0.2) is 46.9 Å². The smallest absolute Gasteiger partial charge is 0.338 e. The van der Waals surface area contributed by atoms with Crippen LogP contribution in [0.1, 0.15) is 5.56 Å². The Labute approximate surface area is 120 Å². The molecule has 0 amide bonds. The molecule has 0 fully saturated rings. The Morgan fingerprint density at radius 3 is 2.50 bits per heavy atom. The van der Waals surface area contributed by atoms with Crippen molar-refractivity contribution in [2.45, 2.75) is 6.18 Å². The molecule has 1 heterocycles. The number of H-pyrrole nitrogens is 1. The van der Waals surface area contributed by atoms with Gasteiger partial charge in [-0.3, -0.25) is 0 Å². The van der Waals surface area contributed by atoms with E-state index >= 15 is 0 Å². The first-order valence-electron chi connectivity index (χ1n) is 5.76. The molecular weight excluding hydrogens is 333 g/mol. The molecule has 0 bridgehead atoms. The molecule has 0 aliphatic rings. The van der Waals surface area contributed by atoms with Gasteiger partial charge in [-0.05, 0) is 30.3 Å². The molecule has 6 heteroatoms. The first-order valence-corrected chi connectivity index (χ1v) is 6.56. The topological polar surface area (TPSA) is 28.7 Å². The Morgan fingerprint density at radius 1 is 1.05 bits per heavy atom. The van der Waals surface area contributed by atoms with Crippen molar-refractivity contribution in [2.75, 3.05) is 0 Å². The van der Waals surface area contributed by atoms with E-state index in [2.05, 4.69) is 25.9 Å². The van der Waals surface area contributed by atoms with Gasteiger partial charge in [0, 0.05) is 10.0 Å². The first kappa shape index (κ1) is 13.2. The highest BCUT2D eigenvalue weighted by Gasteiger charge is 2.31. The minimum atomic E-state index is -4.38. The zero-order valence-electron chi connectivity index (χ0n) is 10.0. The molecule has 2 nitrogen and oxygen atoms in total. The number of fused-ring (bicyclic) bond motifs is 1. The fraction of sp³-hybridized carbons (Fsp3) is 0.0714. The van der Waals surface area contributed by atoms with E-state index in [0.717, 1.165) is 23.2 Å². The largest absolute Gasteiger partial charge is 0.416 e. The summed E-state index contributed by atoms with van der Waals surface area (Å²) < 4.78 is 38.8. The van der Waals surface area contributed by atoms with Crippen LogP contribution >= 0.6 is 15.9 Å². The van der Waals surface area contributed by atoms with E-state index in [4.69, 9.17) is 0 Å². The number of hydrogen-bond acceptors (Lipinski definition) is 1. The zero-order valence-corrected chi connectivity index (χ0v) is 11.6. The maximum atomic E-state index is 12.8. The van der Waals surface area contributed by atoms with Gasteiger partial charge in [0.15, 0.2) is 0 Å². The third-order valence-electron chi connectivity index (χ3n) is 2.89. The lowest BCUT2D eigenvalue weighted by atomic mass is 10.1. The summed E-state index contributed by atoms with van der Waals surface area (Å²) >= 11 is 3.10. The number of rotatable bonds is 1. The van der Waals surface area contributed by atoms with E-state index in [9.17, 15) is 13.2 Å². The molecule has 0 atom stereocenters. The Kier molecular flexibility index (Phi) is 3.05. The van der Waals surface area contributed by atoms with Gasteiger partial charge in [-0.2, -0.15) is 13.2 Å². The number of para-hydroxylation sites is 2. The molecule has 3 rings (SSSR count). The van der Waals surface area contributed by atoms with Crippen molar-refractivity contribution in [1.82, 2.24) is 9.97 Å². The molecule has 0 saturated carbocycles. The molecule has 0 unspecified atom stereocenters. The van der Waals surface area contributed by atoms with Crippen LogP contribution in [0.5, 0.6) is 0 Å². The fourth-order valence-electron chi connectivity index (χ4n) is 1.98. The Morgan fingerprint density at radius 2 is 1.80 bits per heavy atom. The van der Waals surface area contributed by atoms with E-state index in [-0.39, 0.29) is 0 Å². The lowest BCUT2D eigenvalue weighted by Gasteiger charge is -2.08. The Hall–Kier alpha value is -1.82. The number of imidazole rings is 1. The molecule has 1 aromatic heterocycles. The van der Waals surface area contributed by atoms with Gasteiger partial charge < -0.3 is 4.98 Å². The van der Waals surface area contributed by atoms with Crippen LogP contribution in [-0.4, -0.2) is 9.97 Å². The van der Waals surface area contributed by atoms with E-state index in [0.29, 0.717) is 15.9 Å². The quantitative estimate of drug-likeness (QED) is 0.662. The van der Waals surface area contributed by atoms with Crippen molar-refractivity contribution in [2.24, 2.45) is 0 Å². The van der Waals surface area contributed by atoms with Crippen molar-refractivity contribution >= 4 is 27.0 Å². The van der Waals surface area contributed by atoms with Crippen LogP contribution in [-0.2, 0) is 6.18 Å². The van der Waals surface area contributed by atoms with Crippen LogP contribution in [0.2, 0.25) is 0 Å². The molecule has 0 spiro atoms. The maximum absolute atomic E-state index is 12.8. The molecule has 0 aliphatic heterocycles. The number of aromatic nitrogens is 2. The molecule has 0 radical (unpaired) electrons. The van der Waals surface area contributed by atoms with Crippen molar-refractivity contribution in [3.63, 3.8) is 0 Å². The van der Waals surface area contributed by atoms with Crippen molar-refractivity contribution in [3.8, 4) is 11.4 Å². The standard InChI is InChI=1S/C14H8BrF3N2/c15-10-6-8(5-9(7-10)14(16,17)18)13-19-11-3-1-2-4-12(11)20-13/h1-7H,(H,19,20). The van der Waals surface area contributed by atoms with Crippen molar-refractivity contribution in [3.05, 3.63) is 52.5 Å². The van der Waals surface area contributed by atoms with Gasteiger partial charge in [0.05, 0.1) is 16.6 Å². The third-order valence-corrected chi connectivity index (χ3v) is 3.35. The average molecular weight is 341 g/mol. The van der Waals surface area contributed by atoms with Crippen LogP contribution in [0, 0.1) is 0 Å². The summed E-state index contributed by atoms with van der Waals surface area (Å²) in [5, 5.41) is 0. The highest BCUT2D eigenvalue weighted by atomic mass is 79.9. The molecule has 102 valence electrons. The van der Waals surface area contributed by atoms with Gasteiger partial charge >= 0.3 is 6.18 Å². The van der Waals surface area contributed by atoms with E-state index in [1.807, 2.05) is 18.2 Å². The third kappa shape index (κ3) is 2.43. The predicted octanol–water partition coefficient (Wildman–Crippen LogP) is 5.01. The molecule has 20 heavy (non-hydrogen) atoms. The lowest BCUT2D eigenvalue weighted by Crippen LogP contribution is -2.05. The number of nitrogens with one attached hydrogen (secondary N) is 1. The zero-order chi connectivity index (χ0) is 14.3. The summed E-state index contributed by atoms with van der Waals surface area (Å²) in [7, 11) is 0. The highest BCUT2D eigenvalue weighted by molar-refractivity contribution is 9.10. The SMILES string of the molecule is FC(F)(F)c1cc(Br)cc(-c2nc3ccccc3[nH]2)c1. The summed E-state index contributed by atoms with van der Waals surface area (Å²) in [6.45, 7) is 0. The second-order valence-electron chi connectivity index (χ2n) is 4.33. The normalized spacial score (nSPS) is 12.0.